The summed E-state index contributed by atoms with van der Waals surface area (Å²) in [7, 11) is 0. The molecule has 0 N–H and O–H groups in total. The van der Waals surface area contributed by atoms with Gasteiger partial charge in [0.1, 0.15) is 5.78 Å². The molecule has 1 nitrogen and oxygen atoms in total. The van der Waals surface area contributed by atoms with Crippen molar-refractivity contribution in [3.63, 3.8) is 0 Å². The number of hydrogen-bond acceptors (Lipinski definition) is 1. The number of hydrogen-bond donors (Lipinski definition) is 0. The first-order valence-electron chi connectivity index (χ1n) is 5.30. The molecular weight excluding hydrogens is 184 g/mol. The number of Topliss-reactive ketones (excluding diaryl/α,β-unsaturated/α-hetero) is 1. The molecule has 15 heavy (non-hydrogen) atoms. The predicted octanol–water partition coefficient (Wildman–Crippen LogP) is 3.11. The lowest BCUT2D eigenvalue weighted by Crippen LogP contribution is -2.23. The molecule has 0 amide bonds. The van der Waals surface area contributed by atoms with Crippen LogP contribution in [0.3, 0.4) is 0 Å². The molecule has 2 rings (SSSR count). The normalized spacial score (nSPS) is 20.1. The number of allylic oxidation sites excluding steroid dienone is 1. The van der Waals surface area contributed by atoms with E-state index < -0.39 is 0 Å². The molecule has 78 valence electrons. The Hall–Kier alpha value is -1.37. The first-order valence-corrected chi connectivity index (χ1v) is 5.30. The summed E-state index contributed by atoms with van der Waals surface area (Å²) in [6.07, 6.45) is 2.47. The van der Waals surface area contributed by atoms with E-state index in [1.807, 2.05) is 24.3 Å². The highest BCUT2D eigenvalue weighted by atomic mass is 16.1. The summed E-state index contributed by atoms with van der Waals surface area (Å²) in [6, 6.07) is 8.11. The van der Waals surface area contributed by atoms with E-state index in [0.717, 1.165) is 0 Å². The minimum atomic E-state index is -0.149. The van der Waals surface area contributed by atoms with Crippen LogP contribution in [0.25, 0.3) is 0 Å². The smallest absolute Gasteiger partial charge is 0.145 e. The summed E-state index contributed by atoms with van der Waals surface area (Å²) in [6.45, 7) is 7.98. The Morgan fingerprint density at radius 2 is 2.07 bits per heavy atom. The zero-order valence-corrected chi connectivity index (χ0v) is 9.29. The van der Waals surface area contributed by atoms with Crippen LogP contribution in [-0.2, 0) is 11.2 Å². The molecule has 0 bridgehead atoms. The van der Waals surface area contributed by atoms with Crippen LogP contribution in [0.15, 0.2) is 36.9 Å². The van der Waals surface area contributed by atoms with Crippen LogP contribution in [-0.4, -0.2) is 5.78 Å². The number of carbonyl (C=O) groups excluding carboxylic acids is 1. The van der Waals surface area contributed by atoms with E-state index in [1.165, 1.54) is 11.1 Å². The van der Waals surface area contributed by atoms with Crippen LogP contribution < -0.4 is 0 Å². The van der Waals surface area contributed by atoms with Gasteiger partial charge in [0.2, 0.25) is 0 Å². The van der Waals surface area contributed by atoms with Gasteiger partial charge in [0.15, 0.2) is 0 Å². The van der Waals surface area contributed by atoms with E-state index in [0.29, 0.717) is 12.2 Å². The molecule has 0 aromatic heterocycles. The van der Waals surface area contributed by atoms with Crippen molar-refractivity contribution in [3.8, 4) is 0 Å². The van der Waals surface area contributed by atoms with Crippen LogP contribution in [0.2, 0.25) is 0 Å². The van der Waals surface area contributed by atoms with Crippen molar-refractivity contribution in [1.29, 1.82) is 0 Å². The number of carbonyl (C=O) groups is 1. The van der Waals surface area contributed by atoms with E-state index in [4.69, 9.17) is 0 Å². The largest absolute Gasteiger partial charge is 0.299 e. The Balaban J connectivity index is 2.51. The van der Waals surface area contributed by atoms with Crippen LogP contribution >= 0.6 is 0 Å². The molecule has 0 saturated heterocycles. The fraction of sp³-hybridized carbons (Fsp3) is 0.357. The minimum absolute atomic E-state index is 0.00815. The van der Waals surface area contributed by atoms with Gasteiger partial charge in [-0.25, -0.2) is 0 Å². The Morgan fingerprint density at radius 1 is 1.40 bits per heavy atom. The lowest BCUT2D eigenvalue weighted by atomic mass is 9.75. The first-order chi connectivity index (χ1) is 7.06. The van der Waals surface area contributed by atoms with Gasteiger partial charge in [-0.3, -0.25) is 4.79 Å². The predicted molar refractivity (Wildman–Crippen MR) is 61.9 cm³/mol. The molecule has 1 aromatic rings. The number of rotatable bonds is 2. The van der Waals surface area contributed by atoms with Crippen LogP contribution in [0.4, 0.5) is 0 Å². The van der Waals surface area contributed by atoms with E-state index >= 15 is 0 Å². The van der Waals surface area contributed by atoms with Crippen LogP contribution in [0.5, 0.6) is 0 Å². The second-order valence-electron chi connectivity index (χ2n) is 4.80. The fourth-order valence-corrected chi connectivity index (χ4v) is 2.37. The summed E-state index contributed by atoms with van der Waals surface area (Å²) in [5.41, 5.74) is 2.22. The first kappa shape index (κ1) is 10.2. The molecule has 1 atom stereocenters. The van der Waals surface area contributed by atoms with Crippen molar-refractivity contribution in [3.05, 3.63) is 48.0 Å². The van der Waals surface area contributed by atoms with Gasteiger partial charge in [0, 0.05) is 6.42 Å². The highest BCUT2D eigenvalue weighted by Gasteiger charge is 2.39. The van der Waals surface area contributed by atoms with Crippen molar-refractivity contribution < 1.29 is 4.79 Å². The number of ketones is 1. The van der Waals surface area contributed by atoms with Gasteiger partial charge < -0.3 is 0 Å². The van der Waals surface area contributed by atoms with Gasteiger partial charge in [-0.1, -0.05) is 44.2 Å². The highest BCUT2D eigenvalue weighted by molar-refractivity contribution is 5.93. The molecule has 0 fully saturated rings. The van der Waals surface area contributed by atoms with Gasteiger partial charge >= 0.3 is 0 Å². The van der Waals surface area contributed by atoms with E-state index in [-0.39, 0.29) is 11.3 Å². The van der Waals surface area contributed by atoms with Crippen molar-refractivity contribution >= 4 is 5.78 Å². The van der Waals surface area contributed by atoms with Crippen LogP contribution in [0.1, 0.15) is 30.9 Å². The standard InChI is InChI=1S/C14H16O/c1-4-14(2,3)13-11-8-6-5-7-10(11)9-12(13)15/h4-8,13H,1,9H2,2-3H3. The zero-order valence-electron chi connectivity index (χ0n) is 9.29. The quantitative estimate of drug-likeness (QED) is 0.670. The maximum absolute atomic E-state index is 12.0. The maximum atomic E-state index is 12.0. The van der Waals surface area contributed by atoms with Gasteiger partial charge in [0.05, 0.1) is 5.92 Å². The van der Waals surface area contributed by atoms with Crippen molar-refractivity contribution in [1.82, 2.24) is 0 Å². The average Bonchev–Trinajstić information content (AvgIpc) is 2.54. The molecule has 1 aromatic carbocycles. The van der Waals surface area contributed by atoms with Crippen molar-refractivity contribution in [2.75, 3.05) is 0 Å². The van der Waals surface area contributed by atoms with Crippen molar-refractivity contribution in [2.45, 2.75) is 26.2 Å². The molecule has 1 aliphatic carbocycles. The van der Waals surface area contributed by atoms with Gasteiger partial charge in [-0.2, -0.15) is 0 Å². The Kier molecular flexibility index (Phi) is 2.26. The van der Waals surface area contributed by atoms with Gasteiger partial charge in [-0.05, 0) is 16.5 Å². The molecule has 0 spiro atoms. The van der Waals surface area contributed by atoms with Crippen molar-refractivity contribution in [2.24, 2.45) is 5.41 Å². The Morgan fingerprint density at radius 3 is 2.73 bits per heavy atom. The summed E-state index contributed by atoms with van der Waals surface area (Å²) < 4.78 is 0. The van der Waals surface area contributed by atoms with Gasteiger partial charge in [-0.15, -0.1) is 6.58 Å². The third-order valence-electron chi connectivity index (χ3n) is 3.32. The van der Waals surface area contributed by atoms with E-state index in [1.54, 1.807) is 0 Å². The molecule has 1 heteroatoms. The second kappa shape index (κ2) is 3.34. The third-order valence-corrected chi connectivity index (χ3v) is 3.32. The Bertz CT molecular complexity index is 415. The second-order valence-corrected chi connectivity index (χ2v) is 4.80. The van der Waals surface area contributed by atoms with Gasteiger partial charge in [0.25, 0.3) is 0 Å². The summed E-state index contributed by atoms with van der Waals surface area (Å²) >= 11 is 0. The summed E-state index contributed by atoms with van der Waals surface area (Å²) in [5, 5.41) is 0. The summed E-state index contributed by atoms with van der Waals surface area (Å²) in [5.74, 6) is 0.312. The lowest BCUT2D eigenvalue weighted by molar-refractivity contribution is -0.120. The lowest BCUT2D eigenvalue weighted by Gasteiger charge is -2.27. The number of fused-ring (bicyclic) bond motifs is 1. The molecule has 1 aliphatic rings. The van der Waals surface area contributed by atoms with Crippen LogP contribution in [0, 0.1) is 5.41 Å². The monoisotopic (exact) mass is 200 g/mol. The number of benzene rings is 1. The van der Waals surface area contributed by atoms with E-state index in [2.05, 4.69) is 26.5 Å². The molecule has 0 aliphatic heterocycles. The summed E-state index contributed by atoms with van der Waals surface area (Å²) in [4.78, 5) is 12.0. The minimum Gasteiger partial charge on any atom is -0.299 e. The zero-order chi connectivity index (χ0) is 11.1. The highest BCUT2D eigenvalue weighted by Crippen LogP contribution is 2.43. The Labute approximate surface area is 90.8 Å². The molecule has 1 unspecified atom stereocenters. The molecule has 0 saturated carbocycles. The topological polar surface area (TPSA) is 17.1 Å². The molecule has 0 radical (unpaired) electrons. The maximum Gasteiger partial charge on any atom is 0.145 e. The average molecular weight is 200 g/mol. The SMILES string of the molecule is C=CC(C)(C)C1C(=O)Cc2ccccc21. The molecular formula is C14H16O. The molecule has 0 heterocycles. The fourth-order valence-electron chi connectivity index (χ4n) is 2.37. The van der Waals surface area contributed by atoms with E-state index in [9.17, 15) is 4.79 Å². The third kappa shape index (κ3) is 1.52.